The molecule has 1 aromatic heterocycles. The van der Waals surface area contributed by atoms with Crippen molar-refractivity contribution in [3.8, 4) is 0 Å². The minimum absolute atomic E-state index is 0.0696. The molecule has 3 N–H and O–H groups in total. The Morgan fingerprint density at radius 3 is 2.63 bits per heavy atom. The zero-order valence-electron chi connectivity index (χ0n) is 11.4. The third kappa shape index (κ3) is 4.57. The number of aliphatic carboxylic acids is 1. The predicted molar refractivity (Wildman–Crippen MR) is 70.6 cm³/mol. The van der Waals surface area contributed by atoms with Crippen molar-refractivity contribution in [3.63, 3.8) is 0 Å². The van der Waals surface area contributed by atoms with E-state index in [1.807, 2.05) is 13.0 Å². The molecular formula is C13H19N3O3. The lowest BCUT2D eigenvalue weighted by Gasteiger charge is -2.19. The third-order valence-electron chi connectivity index (χ3n) is 2.86. The van der Waals surface area contributed by atoms with Crippen molar-refractivity contribution in [2.24, 2.45) is 5.41 Å². The average molecular weight is 265 g/mol. The molecule has 2 amide bonds. The highest BCUT2D eigenvalue weighted by atomic mass is 16.4. The van der Waals surface area contributed by atoms with Crippen LogP contribution in [0.25, 0.3) is 0 Å². The number of rotatable bonds is 5. The summed E-state index contributed by atoms with van der Waals surface area (Å²) in [5.74, 6) is -0.948. The Morgan fingerprint density at radius 2 is 2.05 bits per heavy atom. The largest absolute Gasteiger partial charge is 0.481 e. The van der Waals surface area contributed by atoms with E-state index in [1.165, 1.54) is 0 Å². The molecule has 0 atom stereocenters. The summed E-state index contributed by atoms with van der Waals surface area (Å²) in [5.41, 5.74) is 0.984. The molecule has 0 spiro atoms. The van der Waals surface area contributed by atoms with Gasteiger partial charge in [0.2, 0.25) is 0 Å². The molecule has 0 aliphatic rings. The van der Waals surface area contributed by atoms with Crippen molar-refractivity contribution in [2.45, 2.75) is 27.3 Å². The van der Waals surface area contributed by atoms with Gasteiger partial charge in [-0.05, 0) is 38.0 Å². The van der Waals surface area contributed by atoms with Gasteiger partial charge in [0.05, 0.1) is 5.41 Å². The zero-order valence-corrected chi connectivity index (χ0v) is 11.4. The van der Waals surface area contributed by atoms with Gasteiger partial charge < -0.3 is 15.7 Å². The minimum atomic E-state index is -0.985. The number of hydrogen-bond donors (Lipinski definition) is 3. The van der Waals surface area contributed by atoms with Crippen LogP contribution in [-0.2, 0) is 11.3 Å². The van der Waals surface area contributed by atoms with E-state index in [0.29, 0.717) is 6.54 Å². The fourth-order valence-electron chi connectivity index (χ4n) is 1.30. The fourth-order valence-corrected chi connectivity index (χ4v) is 1.30. The maximum absolute atomic E-state index is 11.6. The molecule has 0 unspecified atom stereocenters. The van der Waals surface area contributed by atoms with Crippen LogP contribution in [-0.4, -0.2) is 28.6 Å². The second-order valence-electron chi connectivity index (χ2n) is 5.03. The topological polar surface area (TPSA) is 91.3 Å². The Morgan fingerprint density at radius 1 is 1.37 bits per heavy atom. The summed E-state index contributed by atoms with van der Waals surface area (Å²) in [6, 6.07) is 1.47. The first-order valence-corrected chi connectivity index (χ1v) is 5.97. The molecule has 0 aromatic carbocycles. The highest BCUT2D eigenvalue weighted by Crippen LogP contribution is 2.12. The molecule has 6 heteroatoms. The average Bonchev–Trinajstić information content (AvgIpc) is 2.35. The van der Waals surface area contributed by atoms with E-state index < -0.39 is 17.4 Å². The highest BCUT2D eigenvalue weighted by Gasteiger charge is 2.27. The Balaban J connectivity index is 2.41. The van der Waals surface area contributed by atoms with Crippen LogP contribution in [0.5, 0.6) is 0 Å². The van der Waals surface area contributed by atoms with Crippen molar-refractivity contribution in [2.75, 3.05) is 6.54 Å². The quantitative estimate of drug-likeness (QED) is 0.748. The van der Waals surface area contributed by atoms with Gasteiger partial charge in [0.1, 0.15) is 0 Å². The molecule has 0 fully saturated rings. The number of nitrogens with zero attached hydrogens (tertiary/aromatic N) is 1. The standard InChI is InChI=1S/C13H19N3O3/c1-9-4-5-14-6-10(9)7-15-12(19)16-8-13(2,3)11(17)18/h4-6H,7-8H2,1-3H3,(H,17,18)(H2,15,16,19). The first-order chi connectivity index (χ1) is 8.83. The second kappa shape index (κ2) is 6.17. The smallest absolute Gasteiger partial charge is 0.315 e. The first-order valence-electron chi connectivity index (χ1n) is 5.97. The molecule has 19 heavy (non-hydrogen) atoms. The number of carbonyl (C=O) groups is 2. The van der Waals surface area contributed by atoms with E-state index in [2.05, 4.69) is 15.6 Å². The van der Waals surface area contributed by atoms with Gasteiger partial charge in [0.15, 0.2) is 0 Å². The molecule has 104 valence electrons. The summed E-state index contributed by atoms with van der Waals surface area (Å²) in [4.78, 5) is 26.4. The van der Waals surface area contributed by atoms with Crippen LogP contribution < -0.4 is 10.6 Å². The Labute approximate surface area is 112 Å². The van der Waals surface area contributed by atoms with Crippen molar-refractivity contribution >= 4 is 12.0 Å². The number of pyridine rings is 1. The van der Waals surface area contributed by atoms with E-state index in [1.54, 1.807) is 26.2 Å². The van der Waals surface area contributed by atoms with Crippen LogP contribution >= 0.6 is 0 Å². The molecule has 0 bridgehead atoms. The van der Waals surface area contributed by atoms with Gasteiger partial charge >= 0.3 is 12.0 Å². The molecule has 0 aliphatic carbocycles. The van der Waals surface area contributed by atoms with Crippen LogP contribution in [0.2, 0.25) is 0 Å². The van der Waals surface area contributed by atoms with Crippen LogP contribution in [0.15, 0.2) is 18.5 Å². The second-order valence-corrected chi connectivity index (χ2v) is 5.03. The molecule has 0 aliphatic heterocycles. The first kappa shape index (κ1) is 14.9. The predicted octanol–water partition coefficient (Wildman–Crippen LogP) is 1.30. The van der Waals surface area contributed by atoms with Gasteiger partial charge in [-0.1, -0.05) is 0 Å². The maximum Gasteiger partial charge on any atom is 0.315 e. The van der Waals surface area contributed by atoms with Gasteiger partial charge in [-0.3, -0.25) is 9.78 Å². The van der Waals surface area contributed by atoms with Crippen LogP contribution in [0.3, 0.4) is 0 Å². The van der Waals surface area contributed by atoms with E-state index in [4.69, 9.17) is 5.11 Å². The van der Waals surface area contributed by atoms with Gasteiger partial charge in [0.25, 0.3) is 0 Å². The molecule has 1 aromatic rings. The van der Waals surface area contributed by atoms with Crippen molar-refractivity contribution in [3.05, 3.63) is 29.6 Å². The molecule has 0 radical (unpaired) electrons. The monoisotopic (exact) mass is 265 g/mol. The van der Waals surface area contributed by atoms with Gasteiger partial charge in [-0.2, -0.15) is 0 Å². The molecule has 0 saturated heterocycles. The van der Waals surface area contributed by atoms with Gasteiger partial charge in [-0.15, -0.1) is 0 Å². The third-order valence-corrected chi connectivity index (χ3v) is 2.86. The van der Waals surface area contributed by atoms with E-state index >= 15 is 0 Å². The van der Waals surface area contributed by atoms with Gasteiger partial charge in [-0.25, -0.2) is 4.79 Å². The number of aromatic nitrogens is 1. The Kier molecular flexibility index (Phi) is 4.86. The fraction of sp³-hybridized carbons (Fsp3) is 0.462. The van der Waals surface area contributed by atoms with Crippen LogP contribution in [0.4, 0.5) is 4.79 Å². The van der Waals surface area contributed by atoms with Gasteiger partial charge in [0, 0.05) is 25.5 Å². The Hall–Kier alpha value is -2.11. The maximum atomic E-state index is 11.6. The lowest BCUT2D eigenvalue weighted by molar-refractivity contribution is -0.146. The molecule has 0 saturated carbocycles. The van der Waals surface area contributed by atoms with Crippen molar-refractivity contribution in [1.82, 2.24) is 15.6 Å². The molecule has 1 rings (SSSR count). The summed E-state index contributed by atoms with van der Waals surface area (Å²) in [5, 5.41) is 14.1. The van der Waals surface area contributed by atoms with Crippen LogP contribution in [0.1, 0.15) is 25.0 Å². The number of carbonyl (C=O) groups excluding carboxylic acids is 1. The number of amides is 2. The Bertz CT molecular complexity index is 472. The summed E-state index contributed by atoms with van der Waals surface area (Å²) < 4.78 is 0. The number of nitrogens with one attached hydrogen (secondary N) is 2. The highest BCUT2D eigenvalue weighted by molar-refractivity contribution is 5.77. The molecule has 6 nitrogen and oxygen atoms in total. The minimum Gasteiger partial charge on any atom is -0.481 e. The molecule has 1 heterocycles. The normalized spacial score (nSPS) is 10.9. The summed E-state index contributed by atoms with van der Waals surface area (Å²) in [7, 11) is 0. The number of carboxylic acid groups (broad SMARTS) is 1. The van der Waals surface area contributed by atoms with E-state index in [0.717, 1.165) is 11.1 Å². The molecular weight excluding hydrogens is 246 g/mol. The lowest BCUT2D eigenvalue weighted by atomic mass is 9.94. The lowest BCUT2D eigenvalue weighted by Crippen LogP contribution is -2.43. The number of carboxylic acids is 1. The van der Waals surface area contributed by atoms with E-state index in [9.17, 15) is 9.59 Å². The number of hydrogen-bond acceptors (Lipinski definition) is 3. The van der Waals surface area contributed by atoms with E-state index in [-0.39, 0.29) is 6.54 Å². The summed E-state index contributed by atoms with van der Waals surface area (Å²) in [6.45, 7) is 5.48. The van der Waals surface area contributed by atoms with Crippen molar-refractivity contribution in [1.29, 1.82) is 0 Å². The number of aryl methyl sites for hydroxylation is 1. The number of urea groups is 1. The summed E-state index contributed by atoms with van der Waals surface area (Å²) in [6.07, 6.45) is 3.38. The zero-order chi connectivity index (χ0) is 14.5. The van der Waals surface area contributed by atoms with Crippen molar-refractivity contribution < 1.29 is 14.7 Å². The van der Waals surface area contributed by atoms with Crippen LogP contribution in [0, 0.1) is 12.3 Å². The SMILES string of the molecule is Cc1ccncc1CNC(=O)NCC(C)(C)C(=O)O. The summed E-state index contributed by atoms with van der Waals surface area (Å²) >= 11 is 0.